The van der Waals surface area contributed by atoms with Gasteiger partial charge in [0.15, 0.2) is 0 Å². The third-order valence-electron chi connectivity index (χ3n) is 4.22. The maximum atomic E-state index is 12.6. The highest BCUT2D eigenvalue weighted by Crippen LogP contribution is 2.21. The molecule has 8 heteroatoms. The Labute approximate surface area is 136 Å². The number of nitrogens with one attached hydrogen (secondary N) is 1. The highest BCUT2D eigenvalue weighted by molar-refractivity contribution is 5.86. The van der Waals surface area contributed by atoms with Gasteiger partial charge in [0, 0.05) is 52.0 Å². The van der Waals surface area contributed by atoms with Crippen molar-refractivity contribution in [3.63, 3.8) is 0 Å². The molecule has 1 unspecified atom stereocenters. The van der Waals surface area contributed by atoms with Crippen molar-refractivity contribution >= 4 is 24.2 Å². The molecule has 2 amide bonds. The number of hydrogen-bond donors (Lipinski definition) is 1. The Morgan fingerprint density at radius 1 is 1.45 bits per heavy atom. The molecule has 1 N–H and O–H groups in total. The summed E-state index contributed by atoms with van der Waals surface area (Å²) < 4.78 is 1.94. The highest BCUT2D eigenvalue weighted by atomic mass is 35.5. The average molecular weight is 328 g/mol. The number of piperazine rings is 1. The maximum absolute atomic E-state index is 12.6. The van der Waals surface area contributed by atoms with Gasteiger partial charge in [0.25, 0.3) is 0 Å². The molecule has 22 heavy (non-hydrogen) atoms. The molecule has 0 aliphatic carbocycles. The van der Waals surface area contributed by atoms with E-state index < -0.39 is 0 Å². The lowest BCUT2D eigenvalue weighted by Crippen LogP contribution is -2.52. The van der Waals surface area contributed by atoms with E-state index in [4.69, 9.17) is 0 Å². The van der Waals surface area contributed by atoms with E-state index >= 15 is 0 Å². The summed E-state index contributed by atoms with van der Waals surface area (Å²) >= 11 is 0. The second-order valence-corrected chi connectivity index (χ2v) is 5.62. The molecule has 1 aromatic rings. The topological polar surface area (TPSA) is 70.5 Å². The predicted octanol–water partition coefficient (Wildman–Crippen LogP) is -0.0628. The molecule has 3 heterocycles. The number of aryl methyl sites for hydroxylation is 1. The molecule has 3 rings (SSSR count). The van der Waals surface area contributed by atoms with Gasteiger partial charge in [0.2, 0.25) is 11.8 Å². The van der Waals surface area contributed by atoms with Crippen LogP contribution in [0.3, 0.4) is 0 Å². The lowest BCUT2D eigenvalue weighted by atomic mass is 10.1. The monoisotopic (exact) mass is 327 g/mol. The minimum Gasteiger partial charge on any atom is -0.336 e. The summed E-state index contributed by atoms with van der Waals surface area (Å²) in [6.07, 6.45) is 5.06. The first-order valence-corrected chi connectivity index (χ1v) is 7.42. The second kappa shape index (κ2) is 7.11. The Bertz CT molecular complexity index is 547. The summed E-state index contributed by atoms with van der Waals surface area (Å²) in [6.45, 7) is 3.02. The van der Waals surface area contributed by atoms with Gasteiger partial charge in [0.1, 0.15) is 11.9 Å². The van der Waals surface area contributed by atoms with Gasteiger partial charge in [-0.25, -0.2) is 4.98 Å². The van der Waals surface area contributed by atoms with Crippen LogP contribution >= 0.6 is 12.4 Å². The van der Waals surface area contributed by atoms with Crippen LogP contribution in [0.4, 0.5) is 0 Å². The van der Waals surface area contributed by atoms with E-state index in [1.165, 1.54) is 0 Å². The first-order valence-electron chi connectivity index (χ1n) is 7.42. The molecule has 2 aliphatic heterocycles. The molecule has 2 saturated heterocycles. The minimum absolute atomic E-state index is 0. The standard InChI is InChI=1S/C14H21N5O2.ClH/c1-17-7-5-16-14(17)11-9-15-4-8-19(11)13(21)10-18-6-2-3-12(18)20;/h5,7,11,15H,2-4,6,8-10H2,1H3;1H. The third-order valence-corrected chi connectivity index (χ3v) is 4.22. The van der Waals surface area contributed by atoms with E-state index in [2.05, 4.69) is 10.3 Å². The number of hydrogen-bond acceptors (Lipinski definition) is 4. The van der Waals surface area contributed by atoms with Crippen molar-refractivity contribution in [2.24, 2.45) is 7.05 Å². The molecule has 7 nitrogen and oxygen atoms in total. The van der Waals surface area contributed by atoms with Crippen LogP contribution in [0.15, 0.2) is 12.4 Å². The number of rotatable bonds is 3. The van der Waals surface area contributed by atoms with Gasteiger partial charge >= 0.3 is 0 Å². The molecule has 0 aromatic carbocycles. The third kappa shape index (κ3) is 3.25. The zero-order valence-electron chi connectivity index (χ0n) is 12.7. The maximum Gasteiger partial charge on any atom is 0.242 e. The molecular weight excluding hydrogens is 306 g/mol. The molecule has 2 aliphatic rings. The molecule has 0 bridgehead atoms. The normalized spacial score (nSPS) is 21.9. The SMILES string of the molecule is Cl.Cn1ccnc1C1CNCCN1C(=O)CN1CCCC1=O. The lowest BCUT2D eigenvalue weighted by Gasteiger charge is -2.36. The summed E-state index contributed by atoms with van der Waals surface area (Å²) in [7, 11) is 1.93. The van der Waals surface area contributed by atoms with Crippen LogP contribution in [-0.4, -0.2) is 63.9 Å². The highest BCUT2D eigenvalue weighted by Gasteiger charge is 2.32. The number of imidazole rings is 1. The summed E-state index contributed by atoms with van der Waals surface area (Å²) in [5.74, 6) is 0.982. The zero-order valence-corrected chi connectivity index (χ0v) is 13.5. The van der Waals surface area contributed by atoms with Crippen molar-refractivity contribution in [2.45, 2.75) is 18.9 Å². The van der Waals surface area contributed by atoms with Crippen molar-refractivity contribution in [2.75, 3.05) is 32.7 Å². The second-order valence-electron chi connectivity index (χ2n) is 5.62. The van der Waals surface area contributed by atoms with Crippen molar-refractivity contribution in [1.82, 2.24) is 24.7 Å². The van der Waals surface area contributed by atoms with Crippen molar-refractivity contribution in [3.05, 3.63) is 18.2 Å². The van der Waals surface area contributed by atoms with Gasteiger partial charge in [-0.3, -0.25) is 9.59 Å². The molecule has 0 radical (unpaired) electrons. The van der Waals surface area contributed by atoms with E-state index in [-0.39, 0.29) is 36.8 Å². The summed E-state index contributed by atoms with van der Waals surface area (Å²) in [4.78, 5) is 32.2. The Morgan fingerprint density at radius 3 is 2.91 bits per heavy atom. The number of likely N-dealkylation sites (tertiary alicyclic amines) is 1. The number of nitrogens with zero attached hydrogens (tertiary/aromatic N) is 4. The predicted molar refractivity (Wildman–Crippen MR) is 83.6 cm³/mol. The van der Waals surface area contributed by atoms with Crippen molar-refractivity contribution in [1.29, 1.82) is 0 Å². The zero-order chi connectivity index (χ0) is 14.8. The first-order chi connectivity index (χ1) is 10.2. The van der Waals surface area contributed by atoms with Crippen LogP contribution < -0.4 is 5.32 Å². The molecule has 122 valence electrons. The quantitative estimate of drug-likeness (QED) is 0.844. The summed E-state index contributed by atoms with van der Waals surface area (Å²) in [6, 6.07) is -0.0658. The van der Waals surface area contributed by atoms with E-state index in [9.17, 15) is 9.59 Å². The van der Waals surface area contributed by atoms with Crippen molar-refractivity contribution in [3.8, 4) is 0 Å². The molecule has 0 saturated carbocycles. The largest absolute Gasteiger partial charge is 0.336 e. The Morgan fingerprint density at radius 2 is 2.27 bits per heavy atom. The van der Waals surface area contributed by atoms with Gasteiger partial charge in [-0.2, -0.15) is 0 Å². The number of carbonyl (C=O) groups excluding carboxylic acids is 2. The van der Waals surface area contributed by atoms with Gasteiger partial charge in [-0.15, -0.1) is 12.4 Å². The number of amides is 2. The van der Waals surface area contributed by atoms with Gasteiger partial charge in [0.05, 0.1) is 6.54 Å². The fourth-order valence-corrected chi connectivity index (χ4v) is 3.06. The van der Waals surface area contributed by atoms with E-state index in [1.54, 1.807) is 11.1 Å². The fourth-order valence-electron chi connectivity index (χ4n) is 3.06. The van der Waals surface area contributed by atoms with Crippen LogP contribution in [-0.2, 0) is 16.6 Å². The van der Waals surface area contributed by atoms with E-state index in [0.29, 0.717) is 26.1 Å². The van der Waals surface area contributed by atoms with Crippen LogP contribution in [0.1, 0.15) is 24.7 Å². The van der Waals surface area contributed by atoms with Crippen LogP contribution in [0.25, 0.3) is 0 Å². The number of halogens is 1. The van der Waals surface area contributed by atoms with Gasteiger partial charge < -0.3 is 19.7 Å². The van der Waals surface area contributed by atoms with Gasteiger partial charge in [-0.05, 0) is 6.42 Å². The van der Waals surface area contributed by atoms with E-state index in [1.807, 2.05) is 22.7 Å². The Hall–Kier alpha value is -1.60. The van der Waals surface area contributed by atoms with Gasteiger partial charge in [-0.1, -0.05) is 0 Å². The molecule has 0 spiro atoms. The van der Waals surface area contributed by atoms with Crippen molar-refractivity contribution < 1.29 is 9.59 Å². The molecule has 1 atom stereocenters. The lowest BCUT2D eigenvalue weighted by molar-refractivity contribution is -0.140. The average Bonchev–Trinajstić information content (AvgIpc) is 3.08. The molecular formula is C14H22ClN5O2. The number of aromatic nitrogens is 2. The first kappa shape index (κ1) is 16.8. The fraction of sp³-hybridized carbons (Fsp3) is 0.643. The molecule has 2 fully saturated rings. The van der Waals surface area contributed by atoms with Crippen LogP contribution in [0, 0.1) is 0 Å². The summed E-state index contributed by atoms with van der Waals surface area (Å²) in [5.41, 5.74) is 0. The summed E-state index contributed by atoms with van der Waals surface area (Å²) in [5, 5.41) is 3.31. The smallest absolute Gasteiger partial charge is 0.242 e. The minimum atomic E-state index is -0.0658. The van der Waals surface area contributed by atoms with Crippen LogP contribution in [0.5, 0.6) is 0 Å². The Balaban J connectivity index is 0.00000176. The molecule has 1 aromatic heterocycles. The van der Waals surface area contributed by atoms with Crippen LogP contribution in [0.2, 0.25) is 0 Å². The van der Waals surface area contributed by atoms with E-state index in [0.717, 1.165) is 18.8 Å². The Kier molecular flexibility index (Phi) is 5.42. The number of carbonyl (C=O) groups is 2.